The van der Waals surface area contributed by atoms with Gasteiger partial charge in [0, 0.05) is 11.8 Å². The quantitative estimate of drug-likeness (QED) is 0.336. The van der Waals surface area contributed by atoms with E-state index in [0.29, 0.717) is 46.5 Å². The van der Waals surface area contributed by atoms with Crippen LogP contribution in [0.3, 0.4) is 0 Å². The monoisotopic (exact) mass is 484 g/mol. The van der Waals surface area contributed by atoms with Gasteiger partial charge in [0.25, 0.3) is 0 Å². The number of carbonyl (C=O) groups excluding carboxylic acids is 1. The molecule has 0 bridgehead atoms. The number of aliphatic carboxylic acids is 1. The standard InChI is InChI=1S/C27H24N4O5/c1-2-35-23-5-3-4-6-24(23)36-21-13-20(14-28-15-21)22-16-29-17-25(30-22)31-26(32)11-18-7-9-19(10-8-18)12-27(33)34/h3-10,13-17H,2,11-12H2,1H3,(H,33,34)(H,30,31,32). The average Bonchev–Trinajstić information content (AvgIpc) is 2.87. The second-order valence-electron chi connectivity index (χ2n) is 7.79. The summed E-state index contributed by atoms with van der Waals surface area (Å²) in [4.78, 5) is 36.3. The van der Waals surface area contributed by atoms with Crippen molar-refractivity contribution in [1.82, 2.24) is 15.0 Å². The summed E-state index contributed by atoms with van der Waals surface area (Å²) >= 11 is 0. The first-order valence-corrected chi connectivity index (χ1v) is 11.3. The molecule has 2 aromatic carbocycles. The molecule has 1 amide bonds. The first-order valence-electron chi connectivity index (χ1n) is 11.3. The number of benzene rings is 2. The highest BCUT2D eigenvalue weighted by atomic mass is 16.5. The molecule has 0 radical (unpaired) electrons. The third-order valence-electron chi connectivity index (χ3n) is 5.03. The Hall–Kier alpha value is -4.79. The molecule has 0 aliphatic rings. The molecule has 0 aliphatic carbocycles. The van der Waals surface area contributed by atoms with E-state index in [0.717, 1.165) is 5.56 Å². The third-order valence-corrected chi connectivity index (χ3v) is 5.03. The van der Waals surface area contributed by atoms with Crippen LogP contribution in [0.5, 0.6) is 17.2 Å². The van der Waals surface area contributed by atoms with E-state index in [1.807, 2.05) is 31.2 Å². The van der Waals surface area contributed by atoms with Gasteiger partial charge in [-0.05, 0) is 36.2 Å². The normalized spacial score (nSPS) is 10.5. The summed E-state index contributed by atoms with van der Waals surface area (Å²) in [6.07, 6.45) is 6.32. The van der Waals surface area contributed by atoms with Crippen molar-refractivity contribution in [2.24, 2.45) is 0 Å². The number of aromatic nitrogens is 3. The van der Waals surface area contributed by atoms with Gasteiger partial charge in [-0.3, -0.25) is 19.6 Å². The predicted octanol–water partition coefficient (Wildman–Crippen LogP) is 4.54. The van der Waals surface area contributed by atoms with Crippen molar-refractivity contribution in [1.29, 1.82) is 0 Å². The third kappa shape index (κ3) is 6.63. The van der Waals surface area contributed by atoms with E-state index in [4.69, 9.17) is 14.6 Å². The number of anilines is 1. The van der Waals surface area contributed by atoms with Crippen LogP contribution in [-0.2, 0) is 22.4 Å². The molecule has 0 unspecified atom stereocenters. The van der Waals surface area contributed by atoms with Crippen molar-refractivity contribution in [3.05, 3.63) is 90.5 Å². The van der Waals surface area contributed by atoms with E-state index in [2.05, 4.69) is 20.3 Å². The number of carboxylic acid groups (broad SMARTS) is 1. The number of rotatable bonds is 10. The van der Waals surface area contributed by atoms with Crippen LogP contribution in [0, 0.1) is 0 Å². The molecule has 2 heterocycles. The van der Waals surface area contributed by atoms with Gasteiger partial charge in [-0.1, -0.05) is 36.4 Å². The van der Waals surface area contributed by atoms with Crippen molar-refractivity contribution in [2.45, 2.75) is 19.8 Å². The molecule has 4 rings (SSSR count). The summed E-state index contributed by atoms with van der Waals surface area (Å²) in [5, 5.41) is 11.6. The second-order valence-corrected chi connectivity index (χ2v) is 7.79. The number of amides is 1. The highest BCUT2D eigenvalue weighted by Crippen LogP contribution is 2.32. The van der Waals surface area contributed by atoms with Gasteiger partial charge in [-0.2, -0.15) is 0 Å². The molecule has 0 spiro atoms. The summed E-state index contributed by atoms with van der Waals surface area (Å²) in [5.74, 6) is 0.833. The number of nitrogens with zero attached hydrogens (tertiary/aromatic N) is 3. The number of ether oxygens (including phenoxy) is 2. The van der Waals surface area contributed by atoms with E-state index in [1.165, 1.54) is 6.20 Å². The lowest BCUT2D eigenvalue weighted by Gasteiger charge is -2.12. The van der Waals surface area contributed by atoms with Gasteiger partial charge in [0.15, 0.2) is 17.3 Å². The van der Waals surface area contributed by atoms with Crippen LogP contribution in [0.15, 0.2) is 79.4 Å². The van der Waals surface area contributed by atoms with E-state index in [-0.39, 0.29) is 18.7 Å². The van der Waals surface area contributed by atoms with Crippen LogP contribution < -0.4 is 14.8 Å². The first kappa shape index (κ1) is 24.3. The number of carboxylic acids is 1. The molecule has 36 heavy (non-hydrogen) atoms. The smallest absolute Gasteiger partial charge is 0.307 e. The Labute approximate surface area is 207 Å². The molecular weight excluding hydrogens is 460 g/mol. The van der Waals surface area contributed by atoms with Gasteiger partial charge in [0.2, 0.25) is 5.91 Å². The molecule has 182 valence electrons. The Kier molecular flexibility index (Phi) is 7.82. The predicted molar refractivity (Wildman–Crippen MR) is 133 cm³/mol. The lowest BCUT2D eigenvalue weighted by molar-refractivity contribution is -0.136. The zero-order chi connectivity index (χ0) is 25.3. The maximum absolute atomic E-state index is 12.5. The molecule has 0 atom stereocenters. The molecule has 0 saturated heterocycles. The van der Waals surface area contributed by atoms with Crippen LogP contribution in [0.4, 0.5) is 5.82 Å². The van der Waals surface area contributed by atoms with Gasteiger partial charge in [0.1, 0.15) is 5.75 Å². The fraction of sp³-hybridized carbons (Fsp3) is 0.148. The van der Waals surface area contributed by atoms with Crippen LogP contribution >= 0.6 is 0 Å². The van der Waals surface area contributed by atoms with E-state index in [1.54, 1.807) is 48.9 Å². The molecule has 0 fully saturated rings. The molecule has 0 saturated carbocycles. The topological polar surface area (TPSA) is 124 Å². The molecule has 9 heteroatoms. The van der Waals surface area contributed by atoms with E-state index in [9.17, 15) is 9.59 Å². The second kappa shape index (κ2) is 11.6. The lowest BCUT2D eigenvalue weighted by Crippen LogP contribution is -2.15. The summed E-state index contributed by atoms with van der Waals surface area (Å²) in [5.41, 5.74) is 2.61. The molecular formula is C27H24N4O5. The van der Waals surface area contributed by atoms with Crippen molar-refractivity contribution < 1.29 is 24.2 Å². The van der Waals surface area contributed by atoms with Crippen molar-refractivity contribution in [2.75, 3.05) is 11.9 Å². The van der Waals surface area contributed by atoms with Gasteiger partial charge in [-0.25, -0.2) is 4.98 Å². The Morgan fingerprint density at radius 1 is 0.889 bits per heavy atom. The SMILES string of the molecule is CCOc1ccccc1Oc1cncc(-c2cncc(NC(=O)Cc3ccc(CC(=O)O)cc3)n2)c1. The maximum Gasteiger partial charge on any atom is 0.307 e. The Bertz CT molecular complexity index is 1360. The first-order chi connectivity index (χ1) is 17.5. The van der Waals surface area contributed by atoms with Crippen molar-refractivity contribution >= 4 is 17.7 Å². The zero-order valence-corrected chi connectivity index (χ0v) is 19.5. The van der Waals surface area contributed by atoms with Crippen LogP contribution in [0.25, 0.3) is 11.3 Å². The minimum absolute atomic E-state index is 0.0605. The summed E-state index contributed by atoms with van der Waals surface area (Å²) in [6.45, 7) is 2.42. The minimum atomic E-state index is -0.901. The van der Waals surface area contributed by atoms with Crippen LogP contribution in [0.1, 0.15) is 18.1 Å². The zero-order valence-electron chi connectivity index (χ0n) is 19.5. The number of nitrogens with one attached hydrogen (secondary N) is 1. The number of carbonyl (C=O) groups is 2. The van der Waals surface area contributed by atoms with Gasteiger partial charge in [-0.15, -0.1) is 0 Å². The molecule has 2 aromatic heterocycles. The highest BCUT2D eigenvalue weighted by molar-refractivity contribution is 5.91. The number of hydrogen-bond acceptors (Lipinski definition) is 7. The fourth-order valence-corrected chi connectivity index (χ4v) is 3.44. The fourth-order valence-electron chi connectivity index (χ4n) is 3.44. The lowest BCUT2D eigenvalue weighted by atomic mass is 10.1. The highest BCUT2D eigenvalue weighted by Gasteiger charge is 2.11. The minimum Gasteiger partial charge on any atom is -0.490 e. The largest absolute Gasteiger partial charge is 0.490 e. The molecule has 4 aromatic rings. The van der Waals surface area contributed by atoms with Gasteiger partial charge >= 0.3 is 5.97 Å². The van der Waals surface area contributed by atoms with Crippen molar-refractivity contribution in [3.8, 4) is 28.5 Å². The number of hydrogen-bond donors (Lipinski definition) is 2. The van der Waals surface area contributed by atoms with Gasteiger partial charge in [0.05, 0.1) is 43.7 Å². The molecule has 9 nitrogen and oxygen atoms in total. The Morgan fingerprint density at radius 2 is 1.58 bits per heavy atom. The van der Waals surface area contributed by atoms with Crippen LogP contribution in [0.2, 0.25) is 0 Å². The maximum atomic E-state index is 12.5. The Balaban J connectivity index is 1.43. The molecule has 2 N–H and O–H groups in total. The number of para-hydroxylation sites is 2. The average molecular weight is 485 g/mol. The van der Waals surface area contributed by atoms with Crippen LogP contribution in [-0.4, -0.2) is 38.5 Å². The number of pyridine rings is 1. The summed E-state index contributed by atoms with van der Waals surface area (Å²) < 4.78 is 11.6. The summed E-state index contributed by atoms with van der Waals surface area (Å²) in [7, 11) is 0. The van der Waals surface area contributed by atoms with Gasteiger partial charge < -0.3 is 19.9 Å². The van der Waals surface area contributed by atoms with E-state index < -0.39 is 5.97 Å². The summed E-state index contributed by atoms with van der Waals surface area (Å²) in [6, 6.07) is 16.0. The molecule has 0 aliphatic heterocycles. The van der Waals surface area contributed by atoms with Crippen molar-refractivity contribution in [3.63, 3.8) is 0 Å². The Morgan fingerprint density at radius 3 is 2.31 bits per heavy atom. The van der Waals surface area contributed by atoms with E-state index >= 15 is 0 Å².